The normalized spacial score (nSPS) is 11.2. The molecule has 0 aliphatic carbocycles. The van der Waals surface area contributed by atoms with Crippen molar-refractivity contribution in [2.45, 2.75) is 26.8 Å². The molecule has 0 saturated carbocycles. The minimum absolute atomic E-state index is 0.0369. The van der Waals surface area contributed by atoms with E-state index in [1.165, 1.54) is 0 Å². The molecule has 0 radical (unpaired) electrons. The molecule has 4 rings (SSSR count). The number of ether oxygens (including phenoxy) is 1. The summed E-state index contributed by atoms with van der Waals surface area (Å²) < 4.78 is 6.94. The van der Waals surface area contributed by atoms with Crippen molar-refractivity contribution in [3.05, 3.63) is 65.2 Å². The summed E-state index contributed by atoms with van der Waals surface area (Å²) in [5.41, 5.74) is 2.89. The van der Waals surface area contributed by atoms with Crippen LogP contribution in [0, 0.1) is 13.8 Å². The Kier molecular flexibility index (Phi) is 4.88. The molecule has 1 amide bonds. The van der Waals surface area contributed by atoms with Gasteiger partial charge in [0.1, 0.15) is 5.75 Å². The zero-order valence-electron chi connectivity index (χ0n) is 17.0. The van der Waals surface area contributed by atoms with Crippen LogP contribution in [0.25, 0.3) is 16.6 Å². The quantitative estimate of drug-likeness (QED) is 0.524. The first kappa shape index (κ1) is 18.9. The molecule has 7 heteroatoms. The molecule has 148 valence electrons. The molecule has 0 saturated heterocycles. The van der Waals surface area contributed by atoms with Crippen molar-refractivity contribution in [3.8, 4) is 5.75 Å². The van der Waals surface area contributed by atoms with Gasteiger partial charge in [-0.3, -0.25) is 4.79 Å². The third kappa shape index (κ3) is 3.89. The third-order valence-electron chi connectivity index (χ3n) is 4.93. The van der Waals surface area contributed by atoms with Crippen molar-refractivity contribution in [2.75, 3.05) is 14.2 Å². The fourth-order valence-corrected chi connectivity index (χ4v) is 3.41. The van der Waals surface area contributed by atoms with Gasteiger partial charge in [-0.05, 0) is 54.4 Å². The Labute approximate surface area is 169 Å². The molecule has 2 aromatic carbocycles. The highest BCUT2D eigenvalue weighted by Gasteiger charge is 2.15. The van der Waals surface area contributed by atoms with Crippen molar-refractivity contribution >= 4 is 22.5 Å². The lowest BCUT2D eigenvalue weighted by Crippen LogP contribution is -2.28. The van der Waals surface area contributed by atoms with Crippen molar-refractivity contribution in [1.29, 1.82) is 0 Å². The monoisotopic (exact) mass is 389 g/mol. The Bertz CT molecular complexity index is 1210. The number of likely N-dealkylation sites (N-methyl/N-ethyl adjacent to an activating group) is 1. The van der Waals surface area contributed by atoms with E-state index in [1.54, 1.807) is 23.6 Å². The number of methoxy groups -OCH3 is 1. The number of carbonyl (C=O) groups excluding carboxylic acids is 1. The Morgan fingerprint density at radius 1 is 1.07 bits per heavy atom. The fraction of sp³-hybridized carbons (Fsp3) is 0.273. The second-order valence-electron chi connectivity index (χ2n) is 7.25. The van der Waals surface area contributed by atoms with Crippen LogP contribution in [0.2, 0.25) is 0 Å². The van der Waals surface area contributed by atoms with Gasteiger partial charge in [0, 0.05) is 25.0 Å². The van der Waals surface area contributed by atoms with Crippen LogP contribution in [0.15, 0.2) is 42.5 Å². The van der Waals surface area contributed by atoms with Gasteiger partial charge in [-0.15, -0.1) is 5.10 Å². The van der Waals surface area contributed by atoms with Crippen LogP contribution in [0.3, 0.4) is 0 Å². The lowest BCUT2D eigenvalue weighted by molar-refractivity contribution is -0.129. The van der Waals surface area contributed by atoms with Crippen LogP contribution in [0.5, 0.6) is 5.75 Å². The van der Waals surface area contributed by atoms with E-state index < -0.39 is 0 Å². The number of hydrogen-bond acceptors (Lipinski definition) is 5. The highest BCUT2D eigenvalue weighted by atomic mass is 16.5. The summed E-state index contributed by atoms with van der Waals surface area (Å²) in [6.07, 6.45) is 0.142. The molecular weight excluding hydrogens is 366 g/mol. The van der Waals surface area contributed by atoms with E-state index in [2.05, 4.69) is 21.1 Å². The molecule has 0 aliphatic rings. The van der Waals surface area contributed by atoms with Crippen LogP contribution < -0.4 is 4.74 Å². The maximum atomic E-state index is 12.7. The maximum Gasteiger partial charge on any atom is 0.252 e. The standard InChI is InChI=1S/C22H23N5O2/c1-14-9-15(2)27-22(23-14)24-20(25-27)12-21(28)26(3)13-16-5-6-18-11-19(29-4)8-7-17(18)10-16/h5-11H,12-13H2,1-4H3. The predicted octanol–water partition coefficient (Wildman–Crippen LogP) is 3.10. The molecule has 2 heterocycles. The Morgan fingerprint density at radius 2 is 1.83 bits per heavy atom. The lowest BCUT2D eigenvalue weighted by Gasteiger charge is -2.17. The predicted molar refractivity (Wildman–Crippen MR) is 111 cm³/mol. The average Bonchev–Trinajstić information content (AvgIpc) is 3.10. The summed E-state index contributed by atoms with van der Waals surface area (Å²) in [6, 6.07) is 14.1. The van der Waals surface area contributed by atoms with Crippen LogP contribution in [0.4, 0.5) is 0 Å². The molecule has 29 heavy (non-hydrogen) atoms. The van der Waals surface area contributed by atoms with Gasteiger partial charge >= 0.3 is 0 Å². The number of benzene rings is 2. The van der Waals surface area contributed by atoms with Crippen LogP contribution >= 0.6 is 0 Å². The zero-order chi connectivity index (χ0) is 20.5. The van der Waals surface area contributed by atoms with Gasteiger partial charge in [-0.1, -0.05) is 18.2 Å². The van der Waals surface area contributed by atoms with E-state index in [0.717, 1.165) is 33.5 Å². The molecule has 0 N–H and O–H groups in total. The average molecular weight is 389 g/mol. The SMILES string of the molecule is COc1ccc2cc(CN(C)C(=O)Cc3nc4nc(C)cc(C)n4n3)ccc2c1. The fourth-order valence-electron chi connectivity index (χ4n) is 3.41. The largest absolute Gasteiger partial charge is 0.497 e. The van der Waals surface area contributed by atoms with Crippen LogP contribution in [0.1, 0.15) is 22.8 Å². The topological polar surface area (TPSA) is 72.6 Å². The summed E-state index contributed by atoms with van der Waals surface area (Å²) in [4.78, 5) is 23.2. The summed E-state index contributed by atoms with van der Waals surface area (Å²) in [5.74, 6) is 1.80. The molecule has 0 atom stereocenters. The van der Waals surface area contributed by atoms with E-state index in [4.69, 9.17) is 4.74 Å². The number of hydrogen-bond donors (Lipinski definition) is 0. The van der Waals surface area contributed by atoms with E-state index in [-0.39, 0.29) is 12.3 Å². The van der Waals surface area contributed by atoms with Gasteiger partial charge < -0.3 is 9.64 Å². The number of carbonyl (C=O) groups is 1. The van der Waals surface area contributed by atoms with Crippen LogP contribution in [-0.2, 0) is 17.8 Å². The highest BCUT2D eigenvalue weighted by molar-refractivity contribution is 5.84. The Balaban J connectivity index is 1.48. The first-order chi connectivity index (χ1) is 13.9. The summed E-state index contributed by atoms with van der Waals surface area (Å²) in [6.45, 7) is 4.38. The summed E-state index contributed by atoms with van der Waals surface area (Å²) >= 11 is 0. The van der Waals surface area contributed by atoms with E-state index in [0.29, 0.717) is 18.1 Å². The summed E-state index contributed by atoms with van der Waals surface area (Å²) in [7, 11) is 3.45. The number of aryl methyl sites for hydroxylation is 2. The number of nitrogens with zero attached hydrogens (tertiary/aromatic N) is 5. The van der Waals surface area contributed by atoms with E-state index >= 15 is 0 Å². The van der Waals surface area contributed by atoms with Crippen molar-refractivity contribution in [1.82, 2.24) is 24.5 Å². The number of rotatable bonds is 5. The second kappa shape index (κ2) is 7.50. The second-order valence-corrected chi connectivity index (χ2v) is 7.25. The maximum absolute atomic E-state index is 12.7. The van der Waals surface area contributed by atoms with E-state index in [9.17, 15) is 4.79 Å². The van der Waals surface area contributed by atoms with Crippen molar-refractivity contribution in [3.63, 3.8) is 0 Å². The number of fused-ring (bicyclic) bond motifs is 2. The Morgan fingerprint density at radius 3 is 2.62 bits per heavy atom. The highest BCUT2D eigenvalue weighted by Crippen LogP contribution is 2.22. The smallest absolute Gasteiger partial charge is 0.252 e. The molecule has 0 spiro atoms. The first-order valence-electron chi connectivity index (χ1n) is 9.43. The third-order valence-corrected chi connectivity index (χ3v) is 4.93. The van der Waals surface area contributed by atoms with Gasteiger partial charge in [0.05, 0.1) is 13.5 Å². The number of aromatic nitrogens is 4. The summed E-state index contributed by atoms with van der Waals surface area (Å²) in [5, 5.41) is 6.64. The molecular formula is C22H23N5O2. The van der Waals surface area contributed by atoms with Crippen LogP contribution in [-0.4, -0.2) is 44.5 Å². The molecule has 0 unspecified atom stereocenters. The molecule has 0 bridgehead atoms. The van der Waals surface area contributed by atoms with Gasteiger partial charge in [0.2, 0.25) is 5.91 Å². The molecule has 4 aromatic rings. The molecule has 7 nitrogen and oxygen atoms in total. The zero-order valence-corrected chi connectivity index (χ0v) is 17.0. The lowest BCUT2D eigenvalue weighted by atomic mass is 10.1. The van der Waals surface area contributed by atoms with Gasteiger partial charge in [0.15, 0.2) is 5.82 Å². The minimum Gasteiger partial charge on any atom is -0.497 e. The first-order valence-corrected chi connectivity index (χ1v) is 9.43. The number of amides is 1. The molecule has 2 aromatic heterocycles. The van der Waals surface area contributed by atoms with Gasteiger partial charge in [-0.25, -0.2) is 9.50 Å². The Hall–Kier alpha value is -3.48. The van der Waals surface area contributed by atoms with Crippen molar-refractivity contribution < 1.29 is 9.53 Å². The molecule has 0 fully saturated rings. The molecule has 0 aliphatic heterocycles. The van der Waals surface area contributed by atoms with E-state index in [1.807, 2.05) is 50.2 Å². The minimum atomic E-state index is -0.0369. The van der Waals surface area contributed by atoms with Gasteiger partial charge in [-0.2, -0.15) is 4.98 Å². The van der Waals surface area contributed by atoms with Crippen molar-refractivity contribution in [2.24, 2.45) is 0 Å². The van der Waals surface area contributed by atoms with Gasteiger partial charge in [0.25, 0.3) is 5.78 Å².